The molecule has 0 aromatic heterocycles. The van der Waals surface area contributed by atoms with Gasteiger partial charge < -0.3 is 10.4 Å². The first-order chi connectivity index (χ1) is 9.36. The average Bonchev–Trinajstić information content (AvgIpc) is 2.37. The van der Waals surface area contributed by atoms with Crippen LogP contribution in [0.3, 0.4) is 0 Å². The third-order valence-corrected chi connectivity index (χ3v) is 2.89. The van der Waals surface area contributed by atoms with E-state index in [0.29, 0.717) is 12.8 Å². The summed E-state index contributed by atoms with van der Waals surface area (Å²) in [7, 11) is 0. The summed E-state index contributed by atoms with van der Waals surface area (Å²) in [6.45, 7) is 1.80. The molecule has 20 heavy (non-hydrogen) atoms. The van der Waals surface area contributed by atoms with E-state index in [9.17, 15) is 19.7 Å². The smallest absolute Gasteiger partial charge is 0.326 e. The number of carboxylic acids is 1. The van der Waals surface area contributed by atoms with Gasteiger partial charge in [-0.2, -0.15) is 0 Å². The van der Waals surface area contributed by atoms with Crippen molar-refractivity contribution in [2.45, 2.75) is 25.8 Å². The highest BCUT2D eigenvalue weighted by atomic mass is 35.5. The van der Waals surface area contributed by atoms with Crippen LogP contribution >= 0.6 is 11.6 Å². The summed E-state index contributed by atoms with van der Waals surface area (Å²) >= 11 is 5.69. The fraction of sp³-hybridized carbons (Fsp3) is 0.333. The van der Waals surface area contributed by atoms with Crippen LogP contribution in [0.25, 0.3) is 0 Å². The molecule has 0 aliphatic carbocycles. The first kappa shape index (κ1) is 15.9. The number of halogens is 1. The number of nitrogens with one attached hydrogen (secondary N) is 1. The zero-order valence-corrected chi connectivity index (χ0v) is 11.4. The van der Waals surface area contributed by atoms with Crippen LogP contribution in [0.2, 0.25) is 5.02 Å². The number of rotatable bonds is 6. The van der Waals surface area contributed by atoms with Gasteiger partial charge in [-0.25, -0.2) is 4.79 Å². The molecule has 0 aliphatic rings. The van der Waals surface area contributed by atoms with E-state index in [1.54, 1.807) is 6.92 Å². The van der Waals surface area contributed by atoms with Gasteiger partial charge in [0.1, 0.15) is 11.1 Å². The van der Waals surface area contributed by atoms with Gasteiger partial charge in [-0.15, -0.1) is 0 Å². The van der Waals surface area contributed by atoms with E-state index >= 15 is 0 Å². The normalized spacial score (nSPS) is 11.7. The third-order valence-electron chi connectivity index (χ3n) is 2.59. The molecule has 0 heterocycles. The standard InChI is InChI=1S/C12H13ClN2O5/c1-2-3-9(12(17)18)14-11(16)7-4-5-10(15(19)20)8(13)6-7/h4-6,9H,2-3H2,1H3,(H,14,16)(H,17,18)/t9-/m0/s1. The van der Waals surface area contributed by atoms with Gasteiger partial charge in [0.25, 0.3) is 11.6 Å². The number of hydrogen-bond donors (Lipinski definition) is 2. The fourth-order valence-corrected chi connectivity index (χ4v) is 1.83. The Labute approximate surface area is 119 Å². The number of carbonyl (C=O) groups is 2. The van der Waals surface area contributed by atoms with Crippen molar-refractivity contribution in [2.24, 2.45) is 0 Å². The summed E-state index contributed by atoms with van der Waals surface area (Å²) in [6, 6.07) is 2.47. The van der Waals surface area contributed by atoms with E-state index in [1.165, 1.54) is 6.07 Å². The lowest BCUT2D eigenvalue weighted by molar-refractivity contribution is -0.384. The summed E-state index contributed by atoms with van der Waals surface area (Å²) in [5.74, 6) is -1.77. The molecule has 0 fully saturated rings. The van der Waals surface area contributed by atoms with Crippen molar-refractivity contribution in [2.75, 3.05) is 0 Å². The maximum absolute atomic E-state index is 11.9. The van der Waals surface area contributed by atoms with Crippen molar-refractivity contribution >= 4 is 29.2 Å². The van der Waals surface area contributed by atoms with E-state index in [0.717, 1.165) is 12.1 Å². The second-order valence-corrected chi connectivity index (χ2v) is 4.48. The topological polar surface area (TPSA) is 110 Å². The number of carboxylic acid groups (broad SMARTS) is 1. The molecule has 1 atom stereocenters. The van der Waals surface area contributed by atoms with Crippen molar-refractivity contribution in [1.82, 2.24) is 5.32 Å². The second kappa shape index (κ2) is 6.85. The van der Waals surface area contributed by atoms with Crippen molar-refractivity contribution in [3.8, 4) is 0 Å². The molecule has 1 aromatic rings. The van der Waals surface area contributed by atoms with Crippen LogP contribution in [-0.4, -0.2) is 27.9 Å². The molecule has 108 valence electrons. The Hall–Kier alpha value is -2.15. The van der Waals surface area contributed by atoms with Gasteiger partial charge in [0.05, 0.1) is 4.92 Å². The summed E-state index contributed by atoms with van der Waals surface area (Å²) < 4.78 is 0. The molecule has 1 rings (SSSR count). The lowest BCUT2D eigenvalue weighted by atomic mass is 10.1. The van der Waals surface area contributed by atoms with E-state index in [2.05, 4.69) is 5.32 Å². The lowest BCUT2D eigenvalue weighted by Crippen LogP contribution is -2.40. The number of benzene rings is 1. The lowest BCUT2D eigenvalue weighted by Gasteiger charge is -2.13. The van der Waals surface area contributed by atoms with Crippen molar-refractivity contribution in [3.05, 3.63) is 38.9 Å². The predicted octanol–water partition coefficient (Wildman–Crippen LogP) is 2.23. The van der Waals surface area contributed by atoms with Crippen molar-refractivity contribution in [3.63, 3.8) is 0 Å². The molecule has 0 spiro atoms. The van der Waals surface area contributed by atoms with E-state index in [4.69, 9.17) is 16.7 Å². The van der Waals surface area contributed by atoms with E-state index in [-0.39, 0.29) is 16.3 Å². The molecule has 2 N–H and O–H groups in total. The van der Waals surface area contributed by atoms with Crippen LogP contribution in [0.1, 0.15) is 30.1 Å². The fourth-order valence-electron chi connectivity index (χ4n) is 1.58. The van der Waals surface area contributed by atoms with Crippen LogP contribution in [0.5, 0.6) is 0 Å². The Bertz CT molecular complexity index is 547. The maximum Gasteiger partial charge on any atom is 0.326 e. The molecular formula is C12H13ClN2O5. The van der Waals surface area contributed by atoms with Gasteiger partial charge in [0.2, 0.25) is 0 Å². The summed E-state index contributed by atoms with van der Waals surface area (Å²) in [4.78, 5) is 32.7. The second-order valence-electron chi connectivity index (χ2n) is 4.08. The maximum atomic E-state index is 11.9. The summed E-state index contributed by atoms with van der Waals surface area (Å²) in [6.07, 6.45) is 0.889. The van der Waals surface area contributed by atoms with Gasteiger partial charge in [0.15, 0.2) is 0 Å². The average molecular weight is 301 g/mol. The monoisotopic (exact) mass is 300 g/mol. The van der Waals surface area contributed by atoms with Crippen molar-refractivity contribution < 1.29 is 19.6 Å². The van der Waals surface area contributed by atoms with Gasteiger partial charge in [-0.05, 0) is 18.6 Å². The zero-order valence-electron chi connectivity index (χ0n) is 10.6. The number of nitro groups is 1. The largest absolute Gasteiger partial charge is 0.480 e. The molecule has 0 bridgehead atoms. The van der Waals surface area contributed by atoms with Crippen LogP contribution in [0.15, 0.2) is 18.2 Å². The van der Waals surface area contributed by atoms with Crippen LogP contribution in [0, 0.1) is 10.1 Å². The van der Waals surface area contributed by atoms with E-state index < -0.39 is 22.8 Å². The first-order valence-electron chi connectivity index (χ1n) is 5.84. The van der Waals surface area contributed by atoms with Crippen LogP contribution in [-0.2, 0) is 4.79 Å². The Morgan fingerprint density at radius 2 is 2.15 bits per heavy atom. The Morgan fingerprint density at radius 1 is 1.50 bits per heavy atom. The van der Waals surface area contributed by atoms with Gasteiger partial charge in [-0.3, -0.25) is 14.9 Å². The Morgan fingerprint density at radius 3 is 2.60 bits per heavy atom. The number of aliphatic carboxylic acids is 1. The molecule has 0 unspecified atom stereocenters. The van der Waals surface area contributed by atoms with Crippen LogP contribution in [0.4, 0.5) is 5.69 Å². The number of nitro benzene ring substituents is 1. The summed E-state index contributed by atoms with van der Waals surface area (Å²) in [5.41, 5.74) is -0.241. The molecule has 0 aliphatic heterocycles. The minimum Gasteiger partial charge on any atom is -0.480 e. The van der Waals surface area contributed by atoms with Crippen molar-refractivity contribution in [1.29, 1.82) is 0 Å². The predicted molar refractivity (Wildman–Crippen MR) is 71.9 cm³/mol. The highest BCUT2D eigenvalue weighted by molar-refractivity contribution is 6.33. The number of hydrogen-bond acceptors (Lipinski definition) is 4. The molecule has 0 saturated carbocycles. The Kier molecular flexibility index (Phi) is 5.45. The molecule has 7 nitrogen and oxygen atoms in total. The quantitative estimate of drug-likeness (QED) is 0.618. The van der Waals surface area contributed by atoms with Gasteiger partial charge in [-0.1, -0.05) is 24.9 Å². The third kappa shape index (κ3) is 3.92. The van der Waals surface area contributed by atoms with Crippen LogP contribution < -0.4 is 5.32 Å². The molecular weight excluding hydrogens is 288 g/mol. The molecule has 1 amide bonds. The SMILES string of the molecule is CCC[C@H](NC(=O)c1ccc([N+](=O)[O-])c(Cl)c1)C(=O)O. The first-order valence-corrected chi connectivity index (χ1v) is 6.22. The van der Waals surface area contributed by atoms with Gasteiger partial charge >= 0.3 is 5.97 Å². The summed E-state index contributed by atoms with van der Waals surface area (Å²) in [5, 5.41) is 21.7. The number of amides is 1. The zero-order chi connectivity index (χ0) is 15.3. The number of carbonyl (C=O) groups excluding carboxylic acids is 1. The highest BCUT2D eigenvalue weighted by Crippen LogP contribution is 2.24. The van der Waals surface area contributed by atoms with E-state index in [1.807, 2.05) is 0 Å². The molecule has 0 radical (unpaired) electrons. The minimum atomic E-state index is -1.13. The number of nitrogens with zero attached hydrogens (tertiary/aromatic N) is 1. The molecule has 8 heteroatoms. The minimum absolute atomic E-state index is 0.0722. The molecule has 1 aromatic carbocycles. The Balaban J connectivity index is 2.90. The highest BCUT2D eigenvalue weighted by Gasteiger charge is 2.21. The van der Waals surface area contributed by atoms with Gasteiger partial charge in [0, 0.05) is 11.6 Å². The molecule has 0 saturated heterocycles.